The lowest BCUT2D eigenvalue weighted by Crippen LogP contribution is -2.34. The lowest BCUT2D eigenvalue weighted by atomic mass is 10.2. The molecule has 13 heteroatoms. The minimum absolute atomic E-state index is 0.00207. The fourth-order valence-electron chi connectivity index (χ4n) is 3.29. The van der Waals surface area contributed by atoms with E-state index in [2.05, 4.69) is 35.9 Å². The van der Waals surface area contributed by atoms with Crippen LogP contribution in [0.1, 0.15) is 12.7 Å². The Kier molecular flexibility index (Phi) is 4.96. The van der Waals surface area contributed by atoms with E-state index in [0.29, 0.717) is 22.8 Å². The number of nitrogens with one attached hydrogen (secondary N) is 4. The Balaban J connectivity index is 1.37. The van der Waals surface area contributed by atoms with Crippen LogP contribution in [0.5, 0.6) is 5.75 Å². The number of anilines is 5. The first-order valence-corrected chi connectivity index (χ1v) is 9.91. The average Bonchev–Trinajstić information content (AvgIpc) is 3.21. The maximum atomic E-state index is 14.3. The normalized spacial score (nSPS) is 15.4. The largest absolute Gasteiger partial charge is 0.479 e. The summed E-state index contributed by atoms with van der Waals surface area (Å²) in [4.78, 5) is 25.5. The molecule has 0 aliphatic carbocycles. The monoisotopic (exact) mass is 473 g/mol. The van der Waals surface area contributed by atoms with Gasteiger partial charge in [-0.2, -0.15) is 18.2 Å². The number of carbonyl (C=O) groups excluding carboxylic acids is 1. The number of imidazole rings is 1. The topological polar surface area (TPSA) is 117 Å². The SMILES string of the molecule is C[C@@H]1Oc2ccc(Nc3nc(Nc4ccc5nc(C(F)(F)F)[nH]c5c4)ncc3F)cc2NC1=O. The van der Waals surface area contributed by atoms with E-state index in [4.69, 9.17) is 4.74 Å². The van der Waals surface area contributed by atoms with Crippen molar-refractivity contribution in [1.82, 2.24) is 19.9 Å². The summed E-state index contributed by atoms with van der Waals surface area (Å²) in [5, 5.41) is 8.33. The second kappa shape index (κ2) is 7.86. The summed E-state index contributed by atoms with van der Waals surface area (Å²) in [6.45, 7) is 1.62. The Morgan fingerprint density at radius 2 is 1.82 bits per heavy atom. The van der Waals surface area contributed by atoms with Crippen LogP contribution in [0.4, 0.5) is 46.4 Å². The summed E-state index contributed by atoms with van der Waals surface area (Å²) in [7, 11) is 0. The number of hydrogen-bond acceptors (Lipinski definition) is 7. The maximum Gasteiger partial charge on any atom is 0.449 e. The van der Waals surface area contributed by atoms with Gasteiger partial charge in [-0.15, -0.1) is 0 Å². The van der Waals surface area contributed by atoms with Gasteiger partial charge in [0.05, 0.1) is 22.9 Å². The average molecular weight is 473 g/mol. The Morgan fingerprint density at radius 1 is 1.06 bits per heavy atom. The van der Waals surface area contributed by atoms with Gasteiger partial charge in [-0.25, -0.2) is 14.4 Å². The minimum atomic E-state index is -4.60. The van der Waals surface area contributed by atoms with Crippen molar-refractivity contribution in [2.24, 2.45) is 0 Å². The summed E-state index contributed by atoms with van der Waals surface area (Å²) in [5.41, 5.74) is 1.51. The highest BCUT2D eigenvalue weighted by Gasteiger charge is 2.34. The van der Waals surface area contributed by atoms with Crippen LogP contribution in [0, 0.1) is 5.82 Å². The molecule has 2 aromatic carbocycles. The molecule has 1 aliphatic heterocycles. The van der Waals surface area contributed by atoms with Crippen molar-refractivity contribution < 1.29 is 27.1 Å². The number of alkyl halides is 3. The van der Waals surface area contributed by atoms with E-state index in [1.165, 1.54) is 18.2 Å². The van der Waals surface area contributed by atoms with Crippen molar-refractivity contribution in [1.29, 1.82) is 0 Å². The molecule has 34 heavy (non-hydrogen) atoms. The number of aromatic nitrogens is 4. The van der Waals surface area contributed by atoms with Crippen molar-refractivity contribution in [3.8, 4) is 5.75 Å². The summed E-state index contributed by atoms with van der Waals surface area (Å²) in [6.07, 6.45) is -4.28. The van der Waals surface area contributed by atoms with E-state index >= 15 is 0 Å². The zero-order chi connectivity index (χ0) is 24.0. The lowest BCUT2D eigenvalue weighted by molar-refractivity contribution is -0.144. The van der Waals surface area contributed by atoms with Gasteiger partial charge in [-0.05, 0) is 43.3 Å². The van der Waals surface area contributed by atoms with Gasteiger partial charge >= 0.3 is 6.18 Å². The molecule has 0 spiro atoms. The van der Waals surface area contributed by atoms with Crippen molar-refractivity contribution in [3.05, 3.63) is 54.2 Å². The molecule has 1 amide bonds. The van der Waals surface area contributed by atoms with Crippen LogP contribution in [-0.4, -0.2) is 31.9 Å². The highest BCUT2D eigenvalue weighted by atomic mass is 19.4. The van der Waals surface area contributed by atoms with E-state index < -0.39 is 23.9 Å². The number of hydrogen-bond donors (Lipinski definition) is 4. The number of amides is 1. The molecule has 0 saturated heterocycles. The standard InChI is InChI=1S/C21H15F4N7O2/c1-9-18(33)29-15-7-10(3-5-16(15)34-9)27-17-12(22)8-26-20(32-17)28-11-2-4-13-14(6-11)31-19(30-13)21(23,24)25/h2-9H,1H3,(H,29,33)(H,30,31)(H2,26,27,28,32)/t9-/m0/s1. The summed E-state index contributed by atoms with van der Waals surface area (Å²) >= 11 is 0. The van der Waals surface area contributed by atoms with Gasteiger partial charge in [-0.1, -0.05) is 0 Å². The third-order valence-electron chi connectivity index (χ3n) is 4.92. The van der Waals surface area contributed by atoms with Crippen LogP contribution in [0.25, 0.3) is 11.0 Å². The van der Waals surface area contributed by atoms with Crippen molar-refractivity contribution >= 4 is 45.8 Å². The number of ether oxygens (including phenoxy) is 1. The number of benzene rings is 2. The number of H-pyrrole nitrogens is 1. The highest BCUT2D eigenvalue weighted by Crippen LogP contribution is 2.33. The molecule has 4 aromatic rings. The number of aromatic amines is 1. The first-order chi connectivity index (χ1) is 16.2. The first-order valence-electron chi connectivity index (χ1n) is 9.91. The van der Waals surface area contributed by atoms with E-state index in [0.717, 1.165) is 6.20 Å². The number of fused-ring (bicyclic) bond motifs is 2. The Labute approximate surface area is 188 Å². The van der Waals surface area contributed by atoms with Crippen LogP contribution in [-0.2, 0) is 11.0 Å². The molecular formula is C21H15F4N7O2. The molecule has 1 aliphatic rings. The Morgan fingerprint density at radius 3 is 2.62 bits per heavy atom. The number of halogens is 4. The molecule has 4 N–H and O–H groups in total. The molecular weight excluding hydrogens is 458 g/mol. The number of rotatable bonds is 4. The quantitative estimate of drug-likeness (QED) is 0.317. The van der Waals surface area contributed by atoms with Crippen LogP contribution in [0.2, 0.25) is 0 Å². The molecule has 3 heterocycles. The molecule has 2 aromatic heterocycles. The zero-order valence-corrected chi connectivity index (χ0v) is 17.3. The molecule has 174 valence electrons. The third-order valence-corrected chi connectivity index (χ3v) is 4.92. The molecule has 0 unspecified atom stereocenters. The van der Waals surface area contributed by atoms with Crippen molar-refractivity contribution in [2.75, 3.05) is 16.0 Å². The predicted octanol–water partition coefficient (Wildman–Crippen LogP) is 4.72. The molecule has 0 saturated carbocycles. The predicted molar refractivity (Wildman–Crippen MR) is 115 cm³/mol. The molecule has 0 bridgehead atoms. The van der Waals surface area contributed by atoms with Gasteiger partial charge in [0.1, 0.15) is 5.75 Å². The van der Waals surface area contributed by atoms with Gasteiger partial charge < -0.3 is 25.7 Å². The number of carbonyl (C=O) groups is 1. The Bertz CT molecular complexity index is 1420. The van der Waals surface area contributed by atoms with Crippen LogP contribution in [0.3, 0.4) is 0 Å². The molecule has 0 fully saturated rings. The van der Waals surface area contributed by atoms with E-state index in [1.807, 2.05) is 0 Å². The summed E-state index contributed by atoms with van der Waals surface area (Å²) in [6, 6.07) is 9.12. The van der Waals surface area contributed by atoms with Gasteiger partial charge in [-0.3, -0.25) is 4.79 Å². The van der Waals surface area contributed by atoms with Gasteiger partial charge in [0.15, 0.2) is 17.7 Å². The highest BCUT2D eigenvalue weighted by molar-refractivity contribution is 5.98. The van der Waals surface area contributed by atoms with E-state index in [-0.39, 0.29) is 28.7 Å². The van der Waals surface area contributed by atoms with Crippen LogP contribution < -0.4 is 20.7 Å². The maximum absolute atomic E-state index is 14.3. The molecule has 0 radical (unpaired) electrons. The first kappa shape index (κ1) is 21.4. The van der Waals surface area contributed by atoms with Gasteiger partial charge in [0, 0.05) is 11.4 Å². The molecule has 1 atom stereocenters. The Hall–Kier alpha value is -4.42. The molecule has 5 rings (SSSR count). The second-order valence-corrected chi connectivity index (χ2v) is 7.42. The fourth-order valence-corrected chi connectivity index (χ4v) is 3.29. The van der Waals surface area contributed by atoms with E-state index in [1.54, 1.807) is 25.1 Å². The zero-order valence-electron chi connectivity index (χ0n) is 17.3. The van der Waals surface area contributed by atoms with Gasteiger partial charge in [0.2, 0.25) is 11.8 Å². The summed E-state index contributed by atoms with van der Waals surface area (Å²) in [5.74, 6) is -1.83. The third kappa shape index (κ3) is 4.14. The second-order valence-electron chi connectivity index (χ2n) is 7.42. The number of nitrogens with zero attached hydrogens (tertiary/aromatic N) is 3. The fraction of sp³-hybridized carbons (Fsp3) is 0.143. The molecule has 9 nitrogen and oxygen atoms in total. The van der Waals surface area contributed by atoms with E-state index in [9.17, 15) is 22.4 Å². The smallest absolute Gasteiger partial charge is 0.449 e. The van der Waals surface area contributed by atoms with Gasteiger partial charge in [0.25, 0.3) is 5.91 Å². The minimum Gasteiger partial charge on any atom is -0.479 e. The summed E-state index contributed by atoms with van der Waals surface area (Å²) < 4.78 is 58.4. The lowest BCUT2D eigenvalue weighted by Gasteiger charge is -2.23. The van der Waals surface area contributed by atoms with Crippen LogP contribution in [0.15, 0.2) is 42.6 Å². The van der Waals surface area contributed by atoms with Crippen LogP contribution >= 0.6 is 0 Å². The van der Waals surface area contributed by atoms with Crippen molar-refractivity contribution in [3.63, 3.8) is 0 Å². The van der Waals surface area contributed by atoms with Crippen molar-refractivity contribution in [2.45, 2.75) is 19.2 Å².